The van der Waals surface area contributed by atoms with Gasteiger partial charge in [-0.05, 0) is 31.0 Å². The molecule has 0 radical (unpaired) electrons. The van der Waals surface area contributed by atoms with E-state index in [1.807, 2.05) is 12.1 Å². The van der Waals surface area contributed by atoms with Crippen molar-refractivity contribution >= 4 is 23.3 Å². The molecule has 0 saturated heterocycles. The third kappa shape index (κ3) is 2.12. The van der Waals surface area contributed by atoms with Gasteiger partial charge < -0.3 is 19.0 Å². The Balaban J connectivity index is 2.10. The molecule has 5 heteroatoms. The lowest BCUT2D eigenvalue weighted by Gasteiger charge is -2.25. The van der Waals surface area contributed by atoms with E-state index in [9.17, 15) is 0 Å². The smallest absolute Gasteiger partial charge is 0.178 e. The number of fused-ring (bicyclic) bond motifs is 1. The van der Waals surface area contributed by atoms with E-state index in [-0.39, 0.29) is 0 Å². The predicted molar refractivity (Wildman–Crippen MR) is 77.6 cm³/mol. The van der Waals surface area contributed by atoms with E-state index in [1.165, 1.54) is 19.3 Å². The number of rotatable bonds is 4. The molecule has 0 bridgehead atoms. The first-order chi connectivity index (χ1) is 9.22. The van der Waals surface area contributed by atoms with Gasteiger partial charge in [0.1, 0.15) is 0 Å². The predicted octanol–water partition coefficient (Wildman–Crippen LogP) is 3.52. The number of aromatic amines is 1. The van der Waals surface area contributed by atoms with Crippen molar-refractivity contribution < 1.29 is 9.47 Å². The van der Waals surface area contributed by atoms with Crippen molar-refractivity contribution in [2.75, 3.05) is 14.2 Å². The molecule has 0 unspecified atom stereocenters. The first-order valence-electron chi connectivity index (χ1n) is 6.57. The number of imidazole rings is 1. The van der Waals surface area contributed by atoms with E-state index < -0.39 is 0 Å². The number of methoxy groups -OCH3 is 2. The Morgan fingerprint density at radius 2 is 1.95 bits per heavy atom. The number of benzene rings is 1. The summed E-state index contributed by atoms with van der Waals surface area (Å²) in [7, 11) is 3.30. The lowest BCUT2D eigenvalue weighted by Crippen LogP contribution is -2.18. The molecule has 1 heterocycles. The second kappa shape index (κ2) is 4.89. The Hall–Kier alpha value is -1.49. The molecule has 1 N–H and O–H groups in total. The molecule has 1 fully saturated rings. The Morgan fingerprint density at radius 3 is 2.53 bits per heavy atom. The summed E-state index contributed by atoms with van der Waals surface area (Å²) in [5.74, 6) is 2.23. The van der Waals surface area contributed by atoms with Gasteiger partial charge in [0.15, 0.2) is 16.3 Å². The number of ether oxygens (including phenoxy) is 2. The number of hydrogen-bond donors (Lipinski definition) is 1. The van der Waals surface area contributed by atoms with E-state index in [4.69, 9.17) is 21.7 Å². The van der Waals surface area contributed by atoms with Crippen LogP contribution in [0, 0.1) is 10.7 Å². The van der Waals surface area contributed by atoms with Gasteiger partial charge in [0.25, 0.3) is 0 Å². The Labute approximate surface area is 117 Å². The third-order valence-corrected chi connectivity index (χ3v) is 4.27. The molecular formula is C14H18N2O2S. The Morgan fingerprint density at radius 1 is 1.26 bits per heavy atom. The van der Waals surface area contributed by atoms with Crippen molar-refractivity contribution in [1.82, 2.24) is 9.55 Å². The number of nitrogens with one attached hydrogen (secondary N) is 1. The average Bonchev–Trinajstić information content (AvgIpc) is 2.67. The van der Waals surface area contributed by atoms with Crippen molar-refractivity contribution in [3.63, 3.8) is 0 Å². The fourth-order valence-electron chi connectivity index (χ4n) is 2.60. The first kappa shape index (κ1) is 12.5. The van der Waals surface area contributed by atoms with Crippen LogP contribution in [0.15, 0.2) is 12.1 Å². The molecule has 1 aromatic carbocycles. The molecule has 0 aliphatic heterocycles. The molecule has 4 nitrogen and oxygen atoms in total. The molecule has 3 rings (SSSR count). The van der Waals surface area contributed by atoms with Crippen LogP contribution in [0.2, 0.25) is 0 Å². The fourth-order valence-corrected chi connectivity index (χ4v) is 2.88. The van der Waals surface area contributed by atoms with Crippen molar-refractivity contribution in [1.29, 1.82) is 0 Å². The normalized spacial score (nSPS) is 15.5. The maximum absolute atomic E-state index is 5.43. The van der Waals surface area contributed by atoms with Crippen LogP contribution in [-0.4, -0.2) is 23.8 Å². The van der Waals surface area contributed by atoms with Crippen LogP contribution in [0.25, 0.3) is 11.0 Å². The van der Waals surface area contributed by atoms with E-state index >= 15 is 0 Å². The van der Waals surface area contributed by atoms with Crippen LogP contribution in [0.1, 0.15) is 19.3 Å². The highest BCUT2D eigenvalue weighted by atomic mass is 32.1. The highest BCUT2D eigenvalue weighted by Gasteiger charge is 2.20. The largest absolute Gasteiger partial charge is 0.493 e. The van der Waals surface area contributed by atoms with Gasteiger partial charge in [-0.25, -0.2) is 0 Å². The Kier molecular flexibility index (Phi) is 3.22. The van der Waals surface area contributed by atoms with Crippen molar-refractivity contribution in [2.24, 2.45) is 5.92 Å². The number of hydrogen-bond acceptors (Lipinski definition) is 3. The third-order valence-electron chi connectivity index (χ3n) is 3.94. The zero-order valence-corrected chi connectivity index (χ0v) is 12.0. The molecule has 102 valence electrons. The number of aromatic nitrogens is 2. The highest BCUT2D eigenvalue weighted by Crippen LogP contribution is 2.34. The first-order valence-corrected chi connectivity index (χ1v) is 6.98. The molecule has 1 saturated carbocycles. The summed E-state index contributed by atoms with van der Waals surface area (Å²) in [5, 5.41) is 0. The SMILES string of the molecule is COc1cc2[nH]c(=S)n(CC3CCC3)c2cc1OC. The van der Waals surface area contributed by atoms with Crippen LogP contribution in [0.3, 0.4) is 0 Å². The van der Waals surface area contributed by atoms with Crippen molar-refractivity contribution in [3.8, 4) is 11.5 Å². The minimum absolute atomic E-state index is 0.724. The standard InChI is InChI=1S/C14H18N2O2S/c1-17-12-6-10-11(7-13(12)18-2)16(14(19)15-10)8-9-4-3-5-9/h6-7,9H,3-5,8H2,1-2H3,(H,15,19). The summed E-state index contributed by atoms with van der Waals surface area (Å²) in [6, 6.07) is 3.94. The van der Waals surface area contributed by atoms with Crippen LogP contribution >= 0.6 is 12.2 Å². The molecule has 2 aromatic rings. The molecule has 0 spiro atoms. The minimum atomic E-state index is 0.724. The summed E-state index contributed by atoms with van der Waals surface area (Å²) in [6.45, 7) is 0.994. The van der Waals surface area contributed by atoms with Crippen LogP contribution in [-0.2, 0) is 6.54 Å². The van der Waals surface area contributed by atoms with Crippen molar-refractivity contribution in [2.45, 2.75) is 25.8 Å². The van der Waals surface area contributed by atoms with Crippen LogP contribution in [0.4, 0.5) is 0 Å². The van der Waals surface area contributed by atoms with Crippen LogP contribution in [0.5, 0.6) is 11.5 Å². The lowest BCUT2D eigenvalue weighted by molar-refractivity contribution is 0.278. The zero-order valence-electron chi connectivity index (χ0n) is 11.2. The second-order valence-electron chi connectivity index (χ2n) is 5.06. The lowest BCUT2D eigenvalue weighted by atomic mass is 9.85. The molecule has 0 atom stereocenters. The summed E-state index contributed by atoms with van der Waals surface area (Å²) >= 11 is 5.43. The minimum Gasteiger partial charge on any atom is -0.493 e. The molecule has 1 aliphatic rings. The van der Waals surface area contributed by atoms with E-state index in [0.29, 0.717) is 0 Å². The van der Waals surface area contributed by atoms with Crippen molar-refractivity contribution in [3.05, 3.63) is 16.9 Å². The number of nitrogens with zero attached hydrogens (tertiary/aromatic N) is 1. The summed E-state index contributed by atoms with van der Waals surface area (Å²) < 4.78 is 13.6. The fraction of sp³-hybridized carbons (Fsp3) is 0.500. The topological polar surface area (TPSA) is 39.2 Å². The van der Waals surface area contributed by atoms with Gasteiger partial charge >= 0.3 is 0 Å². The second-order valence-corrected chi connectivity index (χ2v) is 5.45. The molecule has 0 amide bonds. The highest BCUT2D eigenvalue weighted by molar-refractivity contribution is 7.71. The van der Waals surface area contributed by atoms with E-state index in [1.54, 1.807) is 14.2 Å². The van der Waals surface area contributed by atoms with Gasteiger partial charge in [-0.2, -0.15) is 0 Å². The van der Waals surface area contributed by atoms with E-state index in [2.05, 4.69) is 9.55 Å². The van der Waals surface area contributed by atoms with Gasteiger partial charge in [-0.15, -0.1) is 0 Å². The quantitative estimate of drug-likeness (QED) is 0.870. The molecular weight excluding hydrogens is 260 g/mol. The molecule has 1 aromatic heterocycles. The van der Waals surface area contributed by atoms with E-state index in [0.717, 1.165) is 39.8 Å². The molecule has 19 heavy (non-hydrogen) atoms. The summed E-state index contributed by atoms with van der Waals surface area (Å²) in [4.78, 5) is 3.25. The molecule has 1 aliphatic carbocycles. The number of H-pyrrole nitrogens is 1. The van der Waals surface area contributed by atoms with Gasteiger partial charge in [-0.3, -0.25) is 0 Å². The van der Waals surface area contributed by atoms with Gasteiger partial charge in [0.2, 0.25) is 0 Å². The van der Waals surface area contributed by atoms with Gasteiger partial charge in [0, 0.05) is 18.7 Å². The maximum atomic E-state index is 5.43. The monoisotopic (exact) mass is 278 g/mol. The summed E-state index contributed by atoms with van der Waals surface area (Å²) in [5.41, 5.74) is 2.09. The zero-order chi connectivity index (χ0) is 13.4. The average molecular weight is 278 g/mol. The van der Waals surface area contributed by atoms with Gasteiger partial charge in [0.05, 0.1) is 25.3 Å². The summed E-state index contributed by atoms with van der Waals surface area (Å²) in [6.07, 6.45) is 3.96. The van der Waals surface area contributed by atoms with Crippen LogP contribution < -0.4 is 9.47 Å². The Bertz CT molecular complexity index is 655. The van der Waals surface area contributed by atoms with Gasteiger partial charge in [-0.1, -0.05) is 6.42 Å². The maximum Gasteiger partial charge on any atom is 0.178 e.